The second-order valence-electron chi connectivity index (χ2n) is 6.96. The Labute approximate surface area is 156 Å². The quantitative estimate of drug-likeness (QED) is 0.442. The minimum Gasteiger partial charge on any atom is -0.457 e. The molecule has 0 saturated heterocycles. The number of ether oxygens (including phenoxy) is 1. The molecule has 1 fully saturated rings. The monoisotopic (exact) mass is 371 g/mol. The molecule has 1 aliphatic rings. The largest absolute Gasteiger partial charge is 0.457 e. The molecule has 3 rings (SSSR count). The van der Waals surface area contributed by atoms with E-state index in [2.05, 4.69) is 20.1 Å². The third-order valence-corrected chi connectivity index (χ3v) is 4.21. The van der Waals surface area contributed by atoms with E-state index in [9.17, 15) is 9.50 Å². The van der Waals surface area contributed by atoms with Crippen molar-refractivity contribution in [3.8, 4) is 6.01 Å². The van der Waals surface area contributed by atoms with Gasteiger partial charge in [0.1, 0.15) is 18.1 Å². The van der Waals surface area contributed by atoms with Crippen molar-refractivity contribution >= 4 is 17.6 Å². The fraction of sp³-hybridized carbons (Fsp3) is 0.368. The normalized spacial score (nSPS) is 15.3. The van der Waals surface area contributed by atoms with Gasteiger partial charge in [0.15, 0.2) is 0 Å². The van der Waals surface area contributed by atoms with Gasteiger partial charge >= 0.3 is 6.01 Å². The van der Waals surface area contributed by atoms with Gasteiger partial charge in [-0.05, 0) is 56.4 Å². The fourth-order valence-electron chi connectivity index (χ4n) is 2.42. The molecule has 0 amide bonds. The summed E-state index contributed by atoms with van der Waals surface area (Å²) in [4.78, 5) is 12.4. The molecule has 3 N–H and O–H groups in total. The average Bonchev–Trinajstić information content (AvgIpc) is 3.48. The van der Waals surface area contributed by atoms with E-state index in [-0.39, 0.29) is 18.4 Å². The van der Waals surface area contributed by atoms with Crippen molar-refractivity contribution in [3.63, 3.8) is 0 Å². The van der Waals surface area contributed by atoms with Gasteiger partial charge in [0.2, 0.25) is 0 Å². The highest BCUT2D eigenvalue weighted by molar-refractivity contribution is 6.31. The van der Waals surface area contributed by atoms with Crippen LogP contribution in [-0.4, -0.2) is 33.6 Å². The Balaban J connectivity index is 1.61. The first-order chi connectivity index (χ1) is 12.9. The summed E-state index contributed by atoms with van der Waals surface area (Å²) in [6, 6.07) is 4.91. The molecule has 27 heavy (non-hydrogen) atoms. The third kappa shape index (κ3) is 5.07. The Morgan fingerprint density at radius 3 is 2.67 bits per heavy atom. The van der Waals surface area contributed by atoms with Crippen LogP contribution in [0.2, 0.25) is 0 Å². The molecule has 7 nitrogen and oxygen atoms in total. The molecule has 8 heteroatoms. The lowest BCUT2D eigenvalue weighted by molar-refractivity contribution is 0.0776. The lowest BCUT2D eigenvalue weighted by atomic mass is 10.0. The minimum atomic E-state index is -1.02. The van der Waals surface area contributed by atoms with Crippen LogP contribution in [0.4, 0.5) is 10.1 Å². The summed E-state index contributed by atoms with van der Waals surface area (Å²) in [5.41, 5.74) is 1.26. The Morgan fingerprint density at radius 1 is 1.37 bits per heavy atom. The first kappa shape index (κ1) is 18.9. The van der Waals surface area contributed by atoms with Crippen molar-refractivity contribution in [2.24, 2.45) is 15.9 Å². The average molecular weight is 371 g/mol. The number of nitrogens with two attached hydrogens (primary N) is 1. The number of aromatic nitrogens is 2. The zero-order valence-corrected chi connectivity index (χ0v) is 15.3. The van der Waals surface area contributed by atoms with Gasteiger partial charge in [-0.2, -0.15) is 5.10 Å². The van der Waals surface area contributed by atoms with E-state index in [1.54, 1.807) is 26.0 Å². The molecule has 0 unspecified atom stereocenters. The molecule has 0 aliphatic heterocycles. The number of aliphatic imine (C=N–C) groups is 1. The number of aliphatic hydroxyl groups is 1. The molecule has 0 bridgehead atoms. The Bertz CT molecular complexity index is 855. The van der Waals surface area contributed by atoms with Gasteiger partial charge in [0.05, 0.1) is 17.5 Å². The number of rotatable bonds is 7. The van der Waals surface area contributed by atoms with Crippen molar-refractivity contribution in [1.82, 2.24) is 9.97 Å². The Kier molecular flexibility index (Phi) is 5.46. The van der Waals surface area contributed by atoms with Crippen LogP contribution >= 0.6 is 0 Å². The van der Waals surface area contributed by atoms with E-state index in [0.717, 1.165) is 12.8 Å². The number of halogens is 1. The van der Waals surface area contributed by atoms with Crippen LogP contribution in [0.15, 0.2) is 40.7 Å². The van der Waals surface area contributed by atoms with E-state index in [1.165, 1.54) is 24.7 Å². The van der Waals surface area contributed by atoms with Crippen LogP contribution in [0.5, 0.6) is 6.01 Å². The van der Waals surface area contributed by atoms with E-state index >= 15 is 0 Å². The lowest BCUT2D eigenvalue weighted by Gasteiger charge is -2.16. The molecular weight excluding hydrogens is 349 g/mol. The summed E-state index contributed by atoms with van der Waals surface area (Å²) < 4.78 is 19.2. The van der Waals surface area contributed by atoms with Gasteiger partial charge in [-0.15, -0.1) is 0 Å². The molecule has 1 aromatic carbocycles. The van der Waals surface area contributed by atoms with Gasteiger partial charge in [-0.3, -0.25) is 4.99 Å². The molecule has 1 aliphatic carbocycles. The predicted octanol–water partition coefficient (Wildman–Crippen LogP) is 2.82. The topological polar surface area (TPSA) is 106 Å². The van der Waals surface area contributed by atoms with Crippen LogP contribution in [0.1, 0.15) is 43.7 Å². The number of benzene rings is 1. The molecule has 2 aromatic rings. The van der Waals surface area contributed by atoms with Crippen LogP contribution in [-0.2, 0) is 5.60 Å². The van der Waals surface area contributed by atoms with Crippen LogP contribution in [0.25, 0.3) is 0 Å². The Morgan fingerprint density at radius 2 is 2.07 bits per heavy atom. The molecule has 142 valence electrons. The molecule has 0 radical (unpaired) electrons. The zero-order chi connectivity index (χ0) is 19.4. The van der Waals surface area contributed by atoms with Gasteiger partial charge in [-0.1, -0.05) is 0 Å². The maximum absolute atomic E-state index is 13.8. The first-order valence-corrected chi connectivity index (χ1v) is 8.65. The molecule has 1 heterocycles. The second-order valence-corrected chi connectivity index (χ2v) is 6.96. The predicted molar refractivity (Wildman–Crippen MR) is 101 cm³/mol. The first-order valence-electron chi connectivity index (χ1n) is 8.65. The van der Waals surface area contributed by atoms with Gasteiger partial charge in [0, 0.05) is 18.0 Å². The van der Waals surface area contributed by atoms with E-state index in [1.807, 2.05) is 0 Å². The summed E-state index contributed by atoms with van der Waals surface area (Å²) in [5.74, 6) is 5.48. The summed E-state index contributed by atoms with van der Waals surface area (Å²) in [6.07, 6.45) is 6.48. The van der Waals surface area contributed by atoms with Crippen molar-refractivity contribution in [2.45, 2.75) is 38.2 Å². The van der Waals surface area contributed by atoms with Crippen molar-refractivity contribution in [3.05, 3.63) is 47.5 Å². The van der Waals surface area contributed by atoms with E-state index in [0.29, 0.717) is 28.4 Å². The maximum atomic E-state index is 13.8. The molecule has 0 spiro atoms. The highest BCUT2D eigenvalue weighted by atomic mass is 19.1. The van der Waals surface area contributed by atoms with Crippen LogP contribution in [0.3, 0.4) is 0 Å². The van der Waals surface area contributed by atoms with Crippen molar-refractivity contribution in [2.75, 3.05) is 6.61 Å². The summed E-state index contributed by atoms with van der Waals surface area (Å²) in [7, 11) is 0. The summed E-state index contributed by atoms with van der Waals surface area (Å²) in [6.45, 7) is 3.32. The standard InChI is InChI=1S/C19H22FN5O2/c1-19(2,26)13-8-23-18(24-9-13)27-11-15(25-21)10-22-14-5-6-17(20)16(7-14)12-3-4-12/h5-10,12,26H,3-4,11,21H2,1-2H3. The van der Waals surface area contributed by atoms with Crippen LogP contribution in [0, 0.1) is 5.82 Å². The lowest BCUT2D eigenvalue weighted by Crippen LogP contribution is -2.18. The molecular formula is C19H22FN5O2. The number of hydrogen-bond donors (Lipinski definition) is 2. The summed E-state index contributed by atoms with van der Waals surface area (Å²) in [5, 5.41) is 13.5. The van der Waals surface area contributed by atoms with Crippen LogP contribution < -0.4 is 10.6 Å². The van der Waals surface area contributed by atoms with Crippen molar-refractivity contribution < 1.29 is 14.2 Å². The van der Waals surface area contributed by atoms with E-state index < -0.39 is 5.60 Å². The zero-order valence-electron chi connectivity index (χ0n) is 15.3. The SMILES string of the molecule is CC(C)(O)c1cnc(OCC(C=Nc2ccc(F)c(C3CC3)c2)=NN)nc1. The maximum Gasteiger partial charge on any atom is 0.316 e. The Hall–Kier alpha value is -2.87. The fourth-order valence-corrected chi connectivity index (χ4v) is 2.42. The molecule has 0 atom stereocenters. The minimum absolute atomic E-state index is 0.0263. The molecule has 1 aromatic heterocycles. The number of hydrazone groups is 1. The second kappa shape index (κ2) is 7.79. The molecule has 1 saturated carbocycles. The van der Waals surface area contributed by atoms with Gasteiger partial charge in [0.25, 0.3) is 0 Å². The number of nitrogens with zero attached hydrogens (tertiary/aromatic N) is 4. The summed E-state index contributed by atoms with van der Waals surface area (Å²) >= 11 is 0. The van der Waals surface area contributed by atoms with E-state index in [4.69, 9.17) is 10.6 Å². The number of hydrogen-bond acceptors (Lipinski definition) is 7. The van der Waals surface area contributed by atoms with Gasteiger partial charge < -0.3 is 15.7 Å². The smallest absolute Gasteiger partial charge is 0.316 e. The van der Waals surface area contributed by atoms with Gasteiger partial charge in [-0.25, -0.2) is 14.4 Å². The van der Waals surface area contributed by atoms with Crippen molar-refractivity contribution in [1.29, 1.82) is 0 Å². The highest BCUT2D eigenvalue weighted by Gasteiger charge is 2.26. The third-order valence-electron chi connectivity index (χ3n) is 4.21. The highest BCUT2D eigenvalue weighted by Crippen LogP contribution is 2.42.